The molecule has 3 heterocycles. The Bertz CT molecular complexity index is 1340. The molecule has 0 atom stereocenters. The SMILES string of the molecule is O=C(c1sc2ccccc2c1Cl)N(Cc1ccco1)c1nc2ccc(Br)cc2s1. The number of hydrogen-bond donors (Lipinski definition) is 0. The van der Waals surface area contributed by atoms with Gasteiger partial charge < -0.3 is 4.42 Å². The highest BCUT2D eigenvalue weighted by Gasteiger charge is 2.27. The number of carbonyl (C=O) groups excluding carboxylic acids is 1. The summed E-state index contributed by atoms with van der Waals surface area (Å²) in [4.78, 5) is 20.4. The molecule has 0 radical (unpaired) electrons. The molecule has 0 aliphatic rings. The average Bonchev–Trinajstić information content (AvgIpc) is 3.44. The van der Waals surface area contributed by atoms with Gasteiger partial charge >= 0.3 is 0 Å². The van der Waals surface area contributed by atoms with Crippen molar-refractivity contribution in [1.82, 2.24) is 4.98 Å². The lowest BCUT2D eigenvalue weighted by Crippen LogP contribution is -2.29. The van der Waals surface area contributed by atoms with Gasteiger partial charge in [-0.1, -0.05) is 57.1 Å². The Kier molecular flexibility index (Phi) is 4.91. The van der Waals surface area contributed by atoms with Crippen molar-refractivity contribution in [1.29, 1.82) is 0 Å². The molecule has 2 aromatic carbocycles. The van der Waals surface area contributed by atoms with Gasteiger partial charge in [-0.05, 0) is 36.4 Å². The summed E-state index contributed by atoms with van der Waals surface area (Å²) in [7, 11) is 0. The van der Waals surface area contributed by atoms with Gasteiger partial charge in [0.15, 0.2) is 5.13 Å². The number of benzene rings is 2. The number of anilines is 1. The predicted molar refractivity (Wildman–Crippen MR) is 123 cm³/mol. The van der Waals surface area contributed by atoms with Gasteiger partial charge in [0.25, 0.3) is 5.91 Å². The molecule has 0 saturated heterocycles. The van der Waals surface area contributed by atoms with E-state index in [9.17, 15) is 4.79 Å². The zero-order valence-electron chi connectivity index (χ0n) is 14.8. The van der Waals surface area contributed by atoms with Crippen LogP contribution in [-0.4, -0.2) is 10.9 Å². The van der Waals surface area contributed by atoms with E-state index in [2.05, 4.69) is 20.9 Å². The molecule has 4 nitrogen and oxygen atoms in total. The van der Waals surface area contributed by atoms with Gasteiger partial charge in [-0.15, -0.1) is 11.3 Å². The summed E-state index contributed by atoms with van der Waals surface area (Å²) in [6, 6.07) is 17.3. The maximum absolute atomic E-state index is 13.6. The molecular formula is C21H12BrClN2O2S2. The van der Waals surface area contributed by atoms with Gasteiger partial charge in [-0.3, -0.25) is 9.69 Å². The Labute approximate surface area is 187 Å². The summed E-state index contributed by atoms with van der Waals surface area (Å²) < 4.78 is 8.44. The number of furan rings is 1. The van der Waals surface area contributed by atoms with Crippen molar-refractivity contribution in [3.05, 3.63) is 81.0 Å². The van der Waals surface area contributed by atoms with E-state index in [1.807, 2.05) is 48.5 Å². The summed E-state index contributed by atoms with van der Waals surface area (Å²) in [5.74, 6) is 0.488. The number of nitrogens with zero attached hydrogens (tertiary/aromatic N) is 2. The van der Waals surface area contributed by atoms with E-state index >= 15 is 0 Å². The molecule has 0 bridgehead atoms. The Morgan fingerprint density at radius 3 is 2.76 bits per heavy atom. The van der Waals surface area contributed by atoms with Crippen LogP contribution in [0.2, 0.25) is 5.02 Å². The number of carbonyl (C=O) groups is 1. The number of aromatic nitrogens is 1. The van der Waals surface area contributed by atoms with E-state index in [0.29, 0.717) is 20.8 Å². The second-order valence-corrected chi connectivity index (χ2v) is 9.68. The lowest BCUT2D eigenvalue weighted by molar-refractivity contribution is 0.0987. The summed E-state index contributed by atoms with van der Waals surface area (Å²) in [5, 5.41) is 1.96. The van der Waals surface area contributed by atoms with Gasteiger partial charge in [0.2, 0.25) is 0 Å². The highest BCUT2D eigenvalue weighted by molar-refractivity contribution is 9.10. The number of halogens is 2. The Morgan fingerprint density at radius 1 is 1.10 bits per heavy atom. The minimum absolute atomic E-state index is 0.189. The van der Waals surface area contributed by atoms with Crippen LogP contribution in [0.15, 0.2) is 69.8 Å². The highest BCUT2D eigenvalue weighted by Crippen LogP contribution is 2.38. The smallest absolute Gasteiger partial charge is 0.272 e. The van der Waals surface area contributed by atoms with E-state index in [1.165, 1.54) is 22.7 Å². The Morgan fingerprint density at radius 2 is 1.97 bits per heavy atom. The number of thiophene rings is 1. The molecule has 0 saturated carbocycles. The molecule has 3 aromatic heterocycles. The minimum atomic E-state index is -0.189. The van der Waals surface area contributed by atoms with E-state index < -0.39 is 0 Å². The second kappa shape index (κ2) is 7.57. The van der Waals surface area contributed by atoms with Crippen molar-refractivity contribution in [2.45, 2.75) is 6.54 Å². The first-order chi connectivity index (χ1) is 14.1. The van der Waals surface area contributed by atoms with Crippen molar-refractivity contribution >= 4 is 81.5 Å². The van der Waals surface area contributed by atoms with Gasteiger partial charge in [0, 0.05) is 14.6 Å². The average molecular weight is 504 g/mol. The normalized spacial score (nSPS) is 11.4. The quantitative estimate of drug-likeness (QED) is 0.257. The third kappa shape index (κ3) is 3.48. The van der Waals surface area contributed by atoms with Crippen molar-refractivity contribution in [2.24, 2.45) is 0 Å². The largest absolute Gasteiger partial charge is 0.467 e. The number of amides is 1. The zero-order valence-corrected chi connectivity index (χ0v) is 18.7. The molecule has 0 aliphatic heterocycles. The maximum Gasteiger partial charge on any atom is 0.272 e. The van der Waals surface area contributed by atoms with Crippen LogP contribution in [-0.2, 0) is 6.54 Å². The molecule has 5 rings (SSSR count). The monoisotopic (exact) mass is 502 g/mol. The Balaban J connectivity index is 1.62. The highest BCUT2D eigenvalue weighted by atomic mass is 79.9. The molecule has 0 unspecified atom stereocenters. The molecule has 0 aliphatic carbocycles. The molecule has 5 aromatic rings. The standard InChI is InChI=1S/C21H12BrClN2O2S2/c22-12-7-8-15-17(10-12)29-21(24-15)25(11-13-4-3-9-27-13)20(26)19-18(23)14-5-1-2-6-16(14)28-19/h1-10H,11H2. The number of fused-ring (bicyclic) bond motifs is 2. The van der Waals surface area contributed by atoms with Crippen LogP contribution < -0.4 is 4.90 Å². The predicted octanol–water partition coefficient (Wildman–Crippen LogP) is 7.37. The van der Waals surface area contributed by atoms with Crippen LogP contribution in [0.1, 0.15) is 15.4 Å². The van der Waals surface area contributed by atoms with E-state index in [0.717, 1.165) is 24.8 Å². The van der Waals surface area contributed by atoms with Crippen molar-refractivity contribution in [2.75, 3.05) is 4.90 Å². The molecule has 8 heteroatoms. The van der Waals surface area contributed by atoms with Crippen LogP contribution in [0.25, 0.3) is 20.3 Å². The molecule has 0 N–H and O–H groups in total. The lowest BCUT2D eigenvalue weighted by atomic mass is 10.2. The van der Waals surface area contributed by atoms with Gasteiger partial charge in [-0.2, -0.15) is 0 Å². The van der Waals surface area contributed by atoms with Crippen LogP contribution in [0.5, 0.6) is 0 Å². The Hall–Kier alpha value is -2.19. The summed E-state index contributed by atoms with van der Waals surface area (Å²) >= 11 is 12.9. The molecule has 29 heavy (non-hydrogen) atoms. The van der Waals surface area contributed by atoms with Crippen molar-refractivity contribution in [3.63, 3.8) is 0 Å². The molecule has 144 valence electrons. The summed E-state index contributed by atoms with van der Waals surface area (Å²) in [6.07, 6.45) is 1.60. The van der Waals surface area contributed by atoms with Crippen LogP contribution in [0, 0.1) is 0 Å². The minimum Gasteiger partial charge on any atom is -0.467 e. The summed E-state index contributed by atoms with van der Waals surface area (Å²) in [6.45, 7) is 0.275. The van der Waals surface area contributed by atoms with Gasteiger partial charge in [0.1, 0.15) is 10.6 Å². The first-order valence-electron chi connectivity index (χ1n) is 8.67. The number of thiazole rings is 1. The third-order valence-electron chi connectivity index (χ3n) is 4.44. The fraction of sp³-hybridized carbons (Fsp3) is 0.0476. The first-order valence-corrected chi connectivity index (χ1v) is 11.5. The summed E-state index contributed by atoms with van der Waals surface area (Å²) in [5.41, 5.74) is 0.841. The van der Waals surface area contributed by atoms with Crippen LogP contribution >= 0.6 is 50.2 Å². The molecule has 1 amide bonds. The van der Waals surface area contributed by atoms with Crippen molar-refractivity contribution < 1.29 is 9.21 Å². The third-order valence-corrected chi connectivity index (χ3v) is 7.64. The lowest BCUT2D eigenvalue weighted by Gasteiger charge is -2.18. The topological polar surface area (TPSA) is 46.3 Å². The molecular weight excluding hydrogens is 492 g/mol. The zero-order chi connectivity index (χ0) is 20.0. The van der Waals surface area contributed by atoms with Gasteiger partial charge in [0.05, 0.1) is 28.0 Å². The number of rotatable bonds is 4. The fourth-order valence-corrected chi connectivity index (χ4v) is 6.04. The van der Waals surface area contributed by atoms with Crippen molar-refractivity contribution in [3.8, 4) is 0 Å². The van der Waals surface area contributed by atoms with E-state index in [-0.39, 0.29) is 12.5 Å². The first kappa shape index (κ1) is 18.8. The molecule has 0 fully saturated rings. The van der Waals surface area contributed by atoms with E-state index in [4.69, 9.17) is 16.0 Å². The molecule has 0 spiro atoms. The maximum atomic E-state index is 13.6. The van der Waals surface area contributed by atoms with Crippen LogP contribution in [0.3, 0.4) is 0 Å². The second-order valence-electron chi connectivity index (χ2n) is 6.32. The van der Waals surface area contributed by atoms with E-state index in [1.54, 1.807) is 17.2 Å². The van der Waals surface area contributed by atoms with Gasteiger partial charge in [-0.25, -0.2) is 4.98 Å². The number of hydrogen-bond acceptors (Lipinski definition) is 5. The van der Waals surface area contributed by atoms with Crippen LogP contribution in [0.4, 0.5) is 5.13 Å². The fourth-order valence-electron chi connectivity index (χ4n) is 3.06.